The second-order valence-electron chi connectivity index (χ2n) is 8.54. The van der Waals surface area contributed by atoms with Gasteiger partial charge in [-0.05, 0) is 74.6 Å². The smallest absolute Gasteiger partial charge is 0.209 e. The Bertz CT molecular complexity index is 1310. The fourth-order valence-electron chi connectivity index (χ4n) is 3.52. The molecule has 0 saturated carbocycles. The van der Waals surface area contributed by atoms with Crippen molar-refractivity contribution < 1.29 is 0 Å². The van der Waals surface area contributed by atoms with Gasteiger partial charge in [-0.2, -0.15) is 19.9 Å². The first-order valence-electron chi connectivity index (χ1n) is 12.9. The Hall–Kier alpha value is -2.88. The highest BCUT2D eigenvalue weighted by atomic mass is 32.2. The standard InChI is InChI=1S/C26H32N10S4/c37-23-31-21(29-19-11-5-3-6-12-19)33-25(35-23)39-17-27-15-9-1-2-10-16-28-18-40-26-34-22(32-24(38)36-26)30-20-13-7-4-8-14-20/h3-8,11-14,27-28H,1-2,9-10,15-18H2,(H2,29,31,33,35,37)(H2,30,32,34,36,38). The molecule has 0 amide bonds. The van der Waals surface area contributed by atoms with E-state index in [-0.39, 0.29) is 0 Å². The minimum atomic E-state index is 0.410. The molecule has 210 valence electrons. The molecule has 14 heteroatoms. The zero-order chi connectivity index (χ0) is 27.8. The molecule has 0 bridgehead atoms. The molecule has 0 saturated heterocycles. The van der Waals surface area contributed by atoms with Gasteiger partial charge >= 0.3 is 0 Å². The number of nitrogens with one attached hydrogen (secondary N) is 6. The number of anilines is 4. The molecule has 2 heterocycles. The summed E-state index contributed by atoms with van der Waals surface area (Å²) in [5, 5.41) is 14.6. The van der Waals surface area contributed by atoms with Gasteiger partial charge in [0.2, 0.25) is 21.4 Å². The second-order valence-corrected chi connectivity index (χ2v) is 11.2. The van der Waals surface area contributed by atoms with Crippen molar-refractivity contribution in [1.82, 2.24) is 40.5 Å². The summed E-state index contributed by atoms with van der Waals surface area (Å²) in [6.07, 6.45) is 4.60. The highest BCUT2D eigenvalue weighted by Crippen LogP contribution is 2.17. The maximum absolute atomic E-state index is 5.25. The topological polar surface area (TPSA) is 131 Å². The molecule has 40 heavy (non-hydrogen) atoms. The fraction of sp³-hybridized carbons (Fsp3) is 0.308. The number of nitrogens with zero attached hydrogens (tertiary/aromatic N) is 4. The average Bonchev–Trinajstić information content (AvgIpc) is 2.94. The molecule has 2 aromatic carbocycles. The number of para-hydroxylation sites is 2. The van der Waals surface area contributed by atoms with Gasteiger partial charge < -0.3 is 31.2 Å². The van der Waals surface area contributed by atoms with Gasteiger partial charge in [0, 0.05) is 23.1 Å². The van der Waals surface area contributed by atoms with E-state index in [1.807, 2.05) is 60.7 Å². The summed E-state index contributed by atoms with van der Waals surface area (Å²) in [7, 11) is 0. The highest BCUT2D eigenvalue weighted by molar-refractivity contribution is 7.99. The summed E-state index contributed by atoms with van der Waals surface area (Å²) in [6, 6.07) is 19.7. The molecule has 10 nitrogen and oxygen atoms in total. The monoisotopic (exact) mass is 612 g/mol. The minimum Gasteiger partial charge on any atom is -0.326 e. The number of benzene rings is 2. The lowest BCUT2D eigenvalue weighted by molar-refractivity contribution is 0.594. The molecule has 4 aromatic rings. The Labute approximate surface area is 252 Å². The third kappa shape index (κ3) is 11.3. The Morgan fingerprint density at radius 2 is 1.00 bits per heavy atom. The predicted octanol–water partition coefficient (Wildman–Crippen LogP) is 6.41. The van der Waals surface area contributed by atoms with Gasteiger partial charge in [-0.1, -0.05) is 72.8 Å². The van der Waals surface area contributed by atoms with Gasteiger partial charge in [-0.25, -0.2) is 0 Å². The van der Waals surface area contributed by atoms with Crippen molar-refractivity contribution in [2.45, 2.75) is 36.0 Å². The van der Waals surface area contributed by atoms with E-state index in [1.54, 1.807) is 23.5 Å². The van der Waals surface area contributed by atoms with Crippen molar-refractivity contribution in [2.24, 2.45) is 0 Å². The Morgan fingerprint density at radius 1 is 0.575 bits per heavy atom. The number of thioether (sulfide) groups is 2. The van der Waals surface area contributed by atoms with Crippen LogP contribution in [0.3, 0.4) is 0 Å². The van der Waals surface area contributed by atoms with Crippen molar-refractivity contribution in [2.75, 3.05) is 35.5 Å². The van der Waals surface area contributed by atoms with Crippen molar-refractivity contribution in [3.63, 3.8) is 0 Å². The third-order valence-electron chi connectivity index (χ3n) is 5.40. The van der Waals surface area contributed by atoms with Gasteiger partial charge in [0.15, 0.2) is 10.3 Å². The number of rotatable bonds is 17. The van der Waals surface area contributed by atoms with E-state index < -0.39 is 0 Å². The highest BCUT2D eigenvalue weighted by Gasteiger charge is 2.04. The molecule has 0 spiro atoms. The number of aromatic amines is 2. The van der Waals surface area contributed by atoms with Gasteiger partial charge in [0.05, 0.1) is 0 Å². The van der Waals surface area contributed by atoms with Crippen LogP contribution in [0.4, 0.5) is 23.3 Å². The largest absolute Gasteiger partial charge is 0.326 e. The average molecular weight is 613 g/mol. The molecule has 4 rings (SSSR count). The number of unbranched alkanes of at least 4 members (excludes halogenated alkanes) is 3. The van der Waals surface area contributed by atoms with E-state index in [0.29, 0.717) is 31.8 Å². The van der Waals surface area contributed by atoms with Crippen LogP contribution in [0.25, 0.3) is 0 Å². The van der Waals surface area contributed by atoms with Crippen LogP contribution in [0.15, 0.2) is 71.0 Å². The van der Waals surface area contributed by atoms with E-state index >= 15 is 0 Å². The van der Waals surface area contributed by atoms with Crippen LogP contribution in [-0.2, 0) is 0 Å². The van der Waals surface area contributed by atoms with Gasteiger partial charge in [0.1, 0.15) is 0 Å². The maximum Gasteiger partial charge on any atom is 0.209 e. The van der Waals surface area contributed by atoms with Gasteiger partial charge in [-0.3, -0.25) is 0 Å². The van der Waals surface area contributed by atoms with E-state index in [0.717, 1.165) is 49.1 Å². The quantitative estimate of drug-likeness (QED) is 0.0341. The van der Waals surface area contributed by atoms with Crippen molar-refractivity contribution in [3.8, 4) is 0 Å². The molecule has 0 radical (unpaired) electrons. The summed E-state index contributed by atoms with van der Waals surface area (Å²) in [4.78, 5) is 23.6. The number of aromatic nitrogens is 6. The first-order chi connectivity index (χ1) is 19.6. The zero-order valence-electron chi connectivity index (χ0n) is 21.9. The molecule has 0 unspecified atom stereocenters. The van der Waals surface area contributed by atoms with Crippen molar-refractivity contribution >= 4 is 71.2 Å². The van der Waals surface area contributed by atoms with Gasteiger partial charge in [0.25, 0.3) is 0 Å². The number of hydrogen-bond acceptors (Lipinski definition) is 12. The van der Waals surface area contributed by atoms with E-state index in [9.17, 15) is 0 Å². The van der Waals surface area contributed by atoms with Crippen LogP contribution in [-0.4, -0.2) is 54.7 Å². The molecular weight excluding hydrogens is 581 g/mol. The maximum atomic E-state index is 5.25. The van der Waals surface area contributed by atoms with E-state index in [2.05, 4.69) is 51.2 Å². The fourth-order valence-corrected chi connectivity index (χ4v) is 5.38. The molecule has 0 aliphatic rings. The minimum absolute atomic E-state index is 0.410. The SMILES string of the molecule is S=c1nc(SCNCCCCCCNCSc2nc(Nc3ccccc3)[nH]c(=S)n2)nc(Nc2ccccc2)[nH]1. The van der Waals surface area contributed by atoms with Crippen LogP contribution < -0.4 is 21.3 Å². The molecule has 6 N–H and O–H groups in total. The normalized spacial score (nSPS) is 10.9. The molecule has 0 aliphatic heterocycles. The van der Waals surface area contributed by atoms with Gasteiger partial charge in [-0.15, -0.1) is 0 Å². The number of hydrogen-bond donors (Lipinski definition) is 6. The summed E-state index contributed by atoms with van der Waals surface area (Å²) in [5.41, 5.74) is 1.88. The first-order valence-corrected chi connectivity index (χ1v) is 15.7. The Morgan fingerprint density at radius 3 is 1.43 bits per heavy atom. The lowest BCUT2D eigenvalue weighted by Crippen LogP contribution is -2.16. The Kier molecular flexibility index (Phi) is 12.8. The van der Waals surface area contributed by atoms with Crippen LogP contribution in [0, 0.1) is 9.54 Å². The van der Waals surface area contributed by atoms with E-state index in [1.165, 1.54) is 12.8 Å². The molecule has 0 fully saturated rings. The lowest BCUT2D eigenvalue weighted by Gasteiger charge is -2.08. The third-order valence-corrected chi connectivity index (χ3v) is 7.36. The van der Waals surface area contributed by atoms with Crippen LogP contribution >= 0.6 is 48.0 Å². The van der Waals surface area contributed by atoms with Crippen LogP contribution in [0.2, 0.25) is 0 Å². The second kappa shape index (κ2) is 17.0. The van der Waals surface area contributed by atoms with Crippen LogP contribution in [0.1, 0.15) is 25.7 Å². The molecule has 0 atom stereocenters. The first kappa shape index (κ1) is 30.1. The zero-order valence-corrected chi connectivity index (χ0v) is 25.1. The summed E-state index contributed by atoms with van der Waals surface area (Å²) >= 11 is 13.6. The Balaban J connectivity index is 1.03. The van der Waals surface area contributed by atoms with E-state index in [4.69, 9.17) is 24.4 Å². The molecular formula is C26H32N10S4. The summed E-state index contributed by atoms with van der Waals surface area (Å²) < 4.78 is 0.820. The molecule has 2 aromatic heterocycles. The summed E-state index contributed by atoms with van der Waals surface area (Å²) in [5.74, 6) is 2.64. The van der Waals surface area contributed by atoms with Crippen molar-refractivity contribution in [1.29, 1.82) is 0 Å². The van der Waals surface area contributed by atoms with Crippen LogP contribution in [0.5, 0.6) is 0 Å². The predicted molar refractivity (Wildman–Crippen MR) is 170 cm³/mol. The number of H-pyrrole nitrogens is 2. The lowest BCUT2D eigenvalue weighted by atomic mass is 10.2. The summed E-state index contributed by atoms with van der Waals surface area (Å²) in [6.45, 7) is 1.91. The van der Waals surface area contributed by atoms with Crippen molar-refractivity contribution in [3.05, 3.63) is 70.2 Å². The molecule has 0 aliphatic carbocycles.